The third-order valence-corrected chi connectivity index (χ3v) is 5.51. The largest absolute Gasteiger partial charge is 0.317 e. The molecule has 2 rings (SSSR count). The number of hydrogen-bond acceptors (Lipinski definition) is 3. The minimum absolute atomic E-state index is 0.708. The summed E-state index contributed by atoms with van der Waals surface area (Å²) in [5.74, 6) is 1.30. The van der Waals surface area contributed by atoms with Crippen molar-refractivity contribution in [3.63, 3.8) is 0 Å². The third kappa shape index (κ3) is 3.94. The van der Waals surface area contributed by atoms with Crippen LogP contribution in [-0.4, -0.2) is 37.2 Å². The third-order valence-electron chi connectivity index (χ3n) is 4.13. The summed E-state index contributed by atoms with van der Waals surface area (Å²) in [4.78, 5) is 0. The minimum atomic E-state index is 0.708. The van der Waals surface area contributed by atoms with Gasteiger partial charge in [-0.15, -0.1) is 0 Å². The van der Waals surface area contributed by atoms with Gasteiger partial charge in [0.2, 0.25) is 0 Å². The van der Waals surface area contributed by atoms with Crippen molar-refractivity contribution in [2.45, 2.75) is 44.3 Å². The van der Waals surface area contributed by atoms with Crippen LogP contribution in [0.4, 0.5) is 0 Å². The molecule has 0 aromatic rings. The zero-order valence-electron chi connectivity index (χ0n) is 10.6. The molecule has 2 fully saturated rings. The maximum atomic E-state index is 3.64. The van der Waals surface area contributed by atoms with Crippen molar-refractivity contribution in [2.24, 2.45) is 5.41 Å². The van der Waals surface area contributed by atoms with Crippen LogP contribution in [0.1, 0.15) is 39.0 Å². The Kier molecular flexibility index (Phi) is 4.98. The Morgan fingerprint density at radius 1 is 1.31 bits per heavy atom. The first-order chi connectivity index (χ1) is 7.85. The number of hydrogen-bond donors (Lipinski definition) is 2. The van der Waals surface area contributed by atoms with Crippen LogP contribution in [-0.2, 0) is 0 Å². The van der Waals surface area contributed by atoms with Gasteiger partial charge in [-0.2, -0.15) is 11.8 Å². The van der Waals surface area contributed by atoms with Gasteiger partial charge in [-0.1, -0.05) is 6.92 Å². The van der Waals surface area contributed by atoms with Gasteiger partial charge in [-0.05, 0) is 50.6 Å². The minimum Gasteiger partial charge on any atom is -0.317 e. The van der Waals surface area contributed by atoms with Gasteiger partial charge >= 0.3 is 0 Å². The predicted molar refractivity (Wildman–Crippen MR) is 73.2 cm³/mol. The molecule has 0 aromatic heterocycles. The number of nitrogens with one attached hydrogen (secondary N) is 2. The molecule has 0 spiro atoms. The van der Waals surface area contributed by atoms with E-state index in [0.29, 0.717) is 5.41 Å². The molecule has 0 aromatic carbocycles. The summed E-state index contributed by atoms with van der Waals surface area (Å²) in [6.07, 6.45) is 7.00. The second kappa shape index (κ2) is 6.27. The van der Waals surface area contributed by atoms with Crippen LogP contribution in [0.3, 0.4) is 0 Å². The molecule has 2 nitrogen and oxygen atoms in total. The van der Waals surface area contributed by atoms with Crippen LogP contribution >= 0.6 is 11.8 Å². The zero-order chi connectivity index (χ0) is 11.3. The van der Waals surface area contributed by atoms with E-state index in [1.807, 2.05) is 0 Å². The number of rotatable bonds is 7. The predicted octanol–water partition coefficient (Wildman–Crippen LogP) is 2.25. The second-order valence-electron chi connectivity index (χ2n) is 5.35. The average Bonchev–Trinajstić information content (AvgIpc) is 3.11. The highest BCUT2D eigenvalue weighted by Gasteiger charge is 2.39. The van der Waals surface area contributed by atoms with Gasteiger partial charge in [0.1, 0.15) is 0 Å². The maximum Gasteiger partial charge on any atom is 0.00716 e. The SMILES string of the molecule is CCC1(CNCCSC2CCNCC2)CC1. The fourth-order valence-corrected chi connectivity index (χ4v) is 3.61. The molecule has 0 bridgehead atoms. The molecule has 2 N–H and O–H groups in total. The Morgan fingerprint density at radius 3 is 2.69 bits per heavy atom. The summed E-state index contributed by atoms with van der Waals surface area (Å²) in [6.45, 7) is 7.25. The molecule has 0 radical (unpaired) electrons. The fourth-order valence-electron chi connectivity index (χ4n) is 2.45. The zero-order valence-corrected chi connectivity index (χ0v) is 11.4. The van der Waals surface area contributed by atoms with Crippen LogP contribution in [0.2, 0.25) is 0 Å². The number of piperidine rings is 1. The van der Waals surface area contributed by atoms with Gasteiger partial charge < -0.3 is 10.6 Å². The van der Waals surface area contributed by atoms with Crippen molar-refractivity contribution in [1.29, 1.82) is 0 Å². The molecule has 1 saturated carbocycles. The van der Waals surface area contributed by atoms with Crippen molar-refractivity contribution < 1.29 is 0 Å². The van der Waals surface area contributed by atoms with Crippen LogP contribution < -0.4 is 10.6 Å². The van der Waals surface area contributed by atoms with E-state index in [2.05, 4.69) is 29.3 Å². The summed E-state index contributed by atoms with van der Waals surface area (Å²) in [5, 5.41) is 7.99. The normalized spacial score (nSPS) is 24.6. The van der Waals surface area contributed by atoms with Gasteiger partial charge in [0.05, 0.1) is 0 Å². The smallest absolute Gasteiger partial charge is 0.00716 e. The molecule has 16 heavy (non-hydrogen) atoms. The highest BCUT2D eigenvalue weighted by molar-refractivity contribution is 7.99. The molecule has 3 heteroatoms. The van der Waals surface area contributed by atoms with E-state index in [-0.39, 0.29) is 0 Å². The summed E-state index contributed by atoms with van der Waals surface area (Å²) >= 11 is 2.17. The van der Waals surface area contributed by atoms with Crippen molar-refractivity contribution in [1.82, 2.24) is 10.6 Å². The quantitative estimate of drug-likeness (QED) is 0.670. The Hall–Kier alpha value is 0.270. The molecular weight excluding hydrogens is 216 g/mol. The fraction of sp³-hybridized carbons (Fsp3) is 1.00. The highest BCUT2D eigenvalue weighted by Crippen LogP contribution is 2.47. The summed E-state index contributed by atoms with van der Waals surface area (Å²) < 4.78 is 0. The van der Waals surface area contributed by atoms with E-state index in [9.17, 15) is 0 Å². The number of thioether (sulfide) groups is 1. The van der Waals surface area contributed by atoms with Gasteiger partial charge in [0, 0.05) is 24.1 Å². The first kappa shape index (κ1) is 12.7. The Balaban J connectivity index is 1.45. The lowest BCUT2D eigenvalue weighted by molar-refractivity contribution is 0.452. The van der Waals surface area contributed by atoms with Crippen molar-refractivity contribution in [3.05, 3.63) is 0 Å². The molecule has 0 unspecified atom stereocenters. The van der Waals surface area contributed by atoms with E-state index >= 15 is 0 Å². The maximum absolute atomic E-state index is 3.64. The molecule has 1 aliphatic carbocycles. The first-order valence-electron chi connectivity index (χ1n) is 6.88. The van der Waals surface area contributed by atoms with Gasteiger partial charge in [-0.25, -0.2) is 0 Å². The molecule has 1 heterocycles. The Bertz CT molecular complexity index is 198. The lowest BCUT2D eigenvalue weighted by atomic mass is 10.0. The van der Waals surface area contributed by atoms with Crippen LogP contribution in [0.15, 0.2) is 0 Å². The van der Waals surface area contributed by atoms with Crippen molar-refractivity contribution in [3.8, 4) is 0 Å². The van der Waals surface area contributed by atoms with Crippen molar-refractivity contribution in [2.75, 3.05) is 31.9 Å². The van der Waals surface area contributed by atoms with Crippen LogP contribution in [0.5, 0.6) is 0 Å². The standard InChI is InChI=1S/C13H26N2S/c1-2-13(5-6-13)11-15-9-10-16-12-3-7-14-8-4-12/h12,14-15H,2-11H2,1H3. The summed E-state index contributed by atoms with van der Waals surface area (Å²) in [5.41, 5.74) is 0.708. The van der Waals surface area contributed by atoms with E-state index in [1.54, 1.807) is 0 Å². The molecule has 94 valence electrons. The highest BCUT2D eigenvalue weighted by atomic mass is 32.2. The van der Waals surface area contributed by atoms with Crippen molar-refractivity contribution >= 4 is 11.8 Å². The molecular formula is C13H26N2S. The van der Waals surface area contributed by atoms with E-state index in [1.165, 1.54) is 64.0 Å². The summed E-state index contributed by atoms with van der Waals surface area (Å²) in [7, 11) is 0. The first-order valence-corrected chi connectivity index (χ1v) is 7.93. The average molecular weight is 242 g/mol. The van der Waals surface area contributed by atoms with Gasteiger partial charge in [-0.3, -0.25) is 0 Å². The van der Waals surface area contributed by atoms with Gasteiger partial charge in [0.15, 0.2) is 0 Å². The lowest BCUT2D eigenvalue weighted by Crippen LogP contribution is -2.30. The lowest BCUT2D eigenvalue weighted by Gasteiger charge is -2.22. The topological polar surface area (TPSA) is 24.1 Å². The van der Waals surface area contributed by atoms with Gasteiger partial charge in [0.25, 0.3) is 0 Å². The Morgan fingerprint density at radius 2 is 2.06 bits per heavy atom. The van der Waals surface area contributed by atoms with E-state index < -0.39 is 0 Å². The Labute approximate surface area is 104 Å². The van der Waals surface area contributed by atoms with Crippen LogP contribution in [0, 0.1) is 5.41 Å². The monoisotopic (exact) mass is 242 g/mol. The van der Waals surface area contributed by atoms with Crippen LogP contribution in [0.25, 0.3) is 0 Å². The van der Waals surface area contributed by atoms with E-state index in [0.717, 1.165) is 5.25 Å². The van der Waals surface area contributed by atoms with E-state index in [4.69, 9.17) is 0 Å². The molecule has 0 amide bonds. The molecule has 0 atom stereocenters. The second-order valence-corrected chi connectivity index (χ2v) is 6.76. The molecule has 1 aliphatic heterocycles. The summed E-state index contributed by atoms with van der Waals surface area (Å²) in [6, 6.07) is 0. The molecule has 1 saturated heterocycles. The molecule has 2 aliphatic rings.